The van der Waals surface area contributed by atoms with Crippen LogP contribution >= 0.6 is 0 Å². The van der Waals surface area contributed by atoms with Crippen molar-refractivity contribution in [3.8, 4) is 17.3 Å². The van der Waals surface area contributed by atoms with E-state index in [9.17, 15) is 22.4 Å². The molecule has 1 aromatic carbocycles. The van der Waals surface area contributed by atoms with Crippen LogP contribution in [0.4, 0.5) is 17.6 Å². The zero-order valence-electron chi connectivity index (χ0n) is 19.2. The average molecular weight is 488 g/mol. The molecule has 0 aliphatic carbocycles. The summed E-state index contributed by atoms with van der Waals surface area (Å²) in [6, 6.07) is 6.11. The van der Waals surface area contributed by atoms with Crippen molar-refractivity contribution >= 4 is 5.91 Å². The molecule has 1 aliphatic rings. The van der Waals surface area contributed by atoms with Crippen LogP contribution in [0.3, 0.4) is 0 Å². The minimum Gasteiger partial charge on any atom is -0.475 e. The number of rotatable bonds is 5. The molecule has 0 spiro atoms. The number of pyridine rings is 1. The molecule has 4 rings (SSSR count). The second-order valence-corrected chi connectivity index (χ2v) is 8.60. The van der Waals surface area contributed by atoms with Gasteiger partial charge in [-0.3, -0.25) is 4.79 Å². The summed E-state index contributed by atoms with van der Waals surface area (Å²) in [7, 11) is 0. The Hall–Kier alpha value is -3.56. The number of piperidine rings is 1. The quantitative estimate of drug-likeness (QED) is 0.455. The summed E-state index contributed by atoms with van der Waals surface area (Å²) >= 11 is 0. The Labute approximate surface area is 200 Å². The van der Waals surface area contributed by atoms with Gasteiger partial charge in [-0.25, -0.2) is 19.3 Å². The number of carbonyl (C=O) groups excluding carboxylic acids is 1. The number of halogens is 4. The van der Waals surface area contributed by atoms with Gasteiger partial charge in [-0.1, -0.05) is 6.92 Å². The van der Waals surface area contributed by atoms with Gasteiger partial charge in [-0.2, -0.15) is 13.2 Å². The van der Waals surface area contributed by atoms with E-state index in [1.165, 1.54) is 24.5 Å². The van der Waals surface area contributed by atoms with Gasteiger partial charge in [0.1, 0.15) is 12.4 Å². The summed E-state index contributed by atoms with van der Waals surface area (Å²) < 4.78 is 58.5. The van der Waals surface area contributed by atoms with E-state index in [0.29, 0.717) is 17.7 Å². The first-order valence-electron chi connectivity index (χ1n) is 11.2. The van der Waals surface area contributed by atoms with Gasteiger partial charge >= 0.3 is 6.18 Å². The van der Waals surface area contributed by atoms with Gasteiger partial charge in [-0.05, 0) is 55.5 Å². The van der Waals surface area contributed by atoms with Crippen LogP contribution in [0.2, 0.25) is 0 Å². The van der Waals surface area contributed by atoms with Crippen LogP contribution in [0.25, 0.3) is 11.4 Å². The fourth-order valence-electron chi connectivity index (χ4n) is 4.20. The van der Waals surface area contributed by atoms with Crippen LogP contribution in [-0.4, -0.2) is 45.0 Å². The first kappa shape index (κ1) is 24.6. The number of benzene rings is 1. The Morgan fingerprint density at radius 2 is 1.91 bits per heavy atom. The lowest BCUT2D eigenvalue weighted by Crippen LogP contribution is -2.50. The zero-order chi connectivity index (χ0) is 25.2. The number of hydrogen-bond donors (Lipinski definition) is 0. The predicted molar refractivity (Wildman–Crippen MR) is 120 cm³/mol. The van der Waals surface area contributed by atoms with E-state index >= 15 is 0 Å². The van der Waals surface area contributed by atoms with E-state index in [0.717, 1.165) is 31.2 Å². The molecule has 35 heavy (non-hydrogen) atoms. The minimum atomic E-state index is -4.49. The molecule has 2 atom stereocenters. The molecule has 0 radical (unpaired) electrons. The largest absolute Gasteiger partial charge is 0.475 e. The molecule has 6 nitrogen and oxygen atoms in total. The normalized spacial score (nSPS) is 18.4. The van der Waals surface area contributed by atoms with Gasteiger partial charge in [0.05, 0.1) is 17.2 Å². The third-order valence-corrected chi connectivity index (χ3v) is 6.18. The molecule has 1 saturated heterocycles. The van der Waals surface area contributed by atoms with Crippen LogP contribution < -0.4 is 4.74 Å². The fraction of sp³-hybridized carbons (Fsp3) is 0.360. The summed E-state index contributed by atoms with van der Waals surface area (Å²) in [5, 5.41) is 0. The lowest BCUT2D eigenvalue weighted by atomic mass is 9.90. The molecule has 3 heterocycles. The topological polar surface area (TPSA) is 68.2 Å². The number of carbonyl (C=O) groups is 1. The van der Waals surface area contributed by atoms with E-state index in [1.807, 2.05) is 6.92 Å². The molecule has 0 unspecified atom stereocenters. The van der Waals surface area contributed by atoms with Gasteiger partial charge in [0.25, 0.3) is 5.91 Å². The molecule has 0 bridgehead atoms. The molecule has 0 N–H and O–H groups in total. The van der Waals surface area contributed by atoms with Gasteiger partial charge in [-0.15, -0.1) is 0 Å². The first-order valence-corrected chi connectivity index (χ1v) is 11.2. The number of alkyl halides is 3. The van der Waals surface area contributed by atoms with Crippen molar-refractivity contribution in [1.29, 1.82) is 0 Å². The predicted octanol–water partition coefficient (Wildman–Crippen LogP) is 5.32. The summed E-state index contributed by atoms with van der Waals surface area (Å²) in [4.78, 5) is 27.5. The van der Waals surface area contributed by atoms with Crippen molar-refractivity contribution in [2.24, 2.45) is 5.92 Å². The van der Waals surface area contributed by atoms with Crippen molar-refractivity contribution in [2.45, 2.75) is 38.9 Å². The van der Waals surface area contributed by atoms with Crippen molar-refractivity contribution in [1.82, 2.24) is 19.9 Å². The third-order valence-electron chi connectivity index (χ3n) is 6.18. The van der Waals surface area contributed by atoms with E-state index in [4.69, 9.17) is 4.74 Å². The smallest absolute Gasteiger partial charge is 0.417 e. The lowest BCUT2D eigenvalue weighted by Gasteiger charge is -2.40. The minimum absolute atomic E-state index is 0.0409. The Kier molecular flexibility index (Phi) is 7.00. The van der Waals surface area contributed by atoms with Crippen LogP contribution in [-0.2, 0) is 6.18 Å². The monoisotopic (exact) mass is 488 g/mol. The third kappa shape index (κ3) is 5.41. The number of likely N-dealkylation sites (tertiary alicyclic amines) is 1. The molecule has 1 amide bonds. The highest BCUT2D eigenvalue weighted by atomic mass is 19.4. The second-order valence-electron chi connectivity index (χ2n) is 8.60. The summed E-state index contributed by atoms with van der Waals surface area (Å²) in [6.45, 7) is 4.09. The molecular formula is C25H24F4N4O2. The number of aromatic nitrogens is 3. The van der Waals surface area contributed by atoms with E-state index in [2.05, 4.69) is 15.0 Å². The highest BCUT2D eigenvalue weighted by molar-refractivity contribution is 6.00. The van der Waals surface area contributed by atoms with Crippen molar-refractivity contribution in [2.75, 3.05) is 13.2 Å². The zero-order valence-corrected chi connectivity index (χ0v) is 19.2. The Morgan fingerprint density at radius 1 is 1.17 bits per heavy atom. The van der Waals surface area contributed by atoms with Crippen molar-refractivity contribution in [3.63, 3.8) is 0 Å². The molecule has 0 saturated carbocycles. The van der Waals surface area contributed by atoms with Crippen LogP contribution in [0, 0.1) is 18.7 Å². The van der Waals surface area contributed by atoms with Gasteiger partial charge < -0.3 is 9.64 Å². The number of nitrogens with zero attached hydrogens (tertiary/aromatic N) is 4. The maximum absolute atomic E-state index is 14.4. The molecule has 1 aliphatic heterocycles. The molecular weight excluding hydrogens is 464 g/mol. The lowest BCUT2D eigenvalue weighted by molar-refractivity contribution is -0.137. The maximum Gasteiger partial charge on any atom is 0.417 e. The van der Waals surface area contributed by atoms with E-state index < -0.39 is 17.6 Å². The number of hydrogen-bond acceptors (Lipinski definition) is 5. The maximum atomic E-state index is 14.4. The molecule has 3 aromatic rings. The summed E-state index contributed by atoms with van der Waals surface area (Å²) in [6.07, 6.45) is 0.904. The molecule has 184 valence electrons. The second kappa shape index (κ2) is 9.97. The Bertz CT molecular complexity index is 1190. The molecule has 2 aromatic heterocycles. The fourth-order valence-corrected chi connectivity index (χ4v) is 4.20. The van der Waals surface area contributed by atoms with Crippen molar-refractivity contribution in [3.05, 3.63) is 71.4 Å². The summed E-state index contributed by atoms with van der Waals surface area (Å²) in [5.74, 6) is -0.429. The number of aryl methyl sites for hydroxylation is 1. The van der Waals surface area contributed by atoms with Gasteiger partial charge in [0.2, 0.25) is 5.88 Å². The molecule has 10 heteroatoms. The highest BCUT2D eigenvalue weighted by Crippen LogP contribution is 2.31. The summed E-state index contributed by atoms with van der Waals surface area (Å²) in [5.41, 5.74) is 0.0257. The molecule has 1 fully saturated rings. The Balaban J connectivity index is 1.60. The highest BCUT2D eigenvalue weighted by Gasteiger charge is 2.35. The SMILES string of the molecule is Cc1cc(C(=O)N2CCC[C@@H](C)[C@H]2COc2ccc(C(F)(F)F)cn2)c(-c2ncccn2)cc1F. The van der Waals surface area contributed by atoms with E-state index in [-0.39, 0.29) is 41.7 Å². The van der Waals surface area contributed by atoms with Crippen molar-refractivity contribution < 1.29 is 27.1 Å². The van der Waals surface area contributed by atoms with Crippen LogP contribution in [0.15, 0.2) is 48.9 Å². The average Bonchev–Trinajstić information content (AvgIpc) is 2.84. The number of ether oxygens (including phenoxy) is 1. The van der Waals surface area contributed by atoms with E-state index in [1.54, 1.807) is 17.9 Å². The van der Waals surface area contributed by atoms with Gasteiger partial charge in [0, 0.05) is 36.8 Å². The number of amides is 1. The van der Waals surface area contributed by atoms with Gasteiger partial charge in [0.15, 0.2) is 5.82 Å². The Morgan fingerprint density at radius 3 is 2.57 bits per heavy atom. The first-order chi connectivity index (χ1) is 16.6. The standard InChI is InChI=1S/C25H24F4N4O2/c1-15-5-3-10-33(21(15)14-35-22-7-6-17(13-32-22)25(27,28)29)24(34)19-11-16(2)20(26)12-18(19)23-30-8-4-9-31-23/h4,6-9,11-13,15,21H,3,5,10,14H2,1-2H3/t15-,21-/m1/s1. The van der Waals surface area contributed by atoms with Crippen LogP contribution in [0.5, 0.6) is 5.88 Å². The van der Waals surface area contributed by atoms with Crippen LogP contribution in [0.1, 0.15) is 41.3 Å².